The Labute approximate surface area is 246 Å². The molecule has 2 aliphatic rings. The highest BCUT2D eigenvalue weighted by molar-refractivity contribution is 5.98. The van der Waals surface area contributed by atoms with Gasteiger partial charge in [0.15, 0.2) is 5.69 Å². The molecule has 0 spiro atoms. The summed E-state index contributed by atoms with van der Waals surface area (Å²) in [6, 6.07) is 11.1. The first-order valence-electron chi connectivity index (χ1n) is 14.9. The molecule has 0 radical (unpaired) electrons. The molecular weight excluding hydrogens is 536 g/mol. The highest BCUT2D eigenvalue weighted by Crippen LogP contribution is 2.41. The van der Waals surface area contributed by atoms with Crippen LogP contribution in [0.25, 0.3) is 11.3 Å². The number of piperazine rings is 1. The molecule has 1 aliphatic carbocycles. The maximum Gasteiger partial charge on any atom is 0.356 e. The van der Waals surface area contributed by atoms with Gasteiger partial charge in [0.25, 0.3) is 5.91 Å². The van der Waals surface area contributed by atoms with Crippen LogP contribution in [-0.2, 0) is 16.0 Å². The first kappa shape index (κ1) is 29.9. The van der Waals surface area contributed by atoms with Crippen LogP contribution in [0, 0.1) is 6.92 Å². The van der Waals surface area contributed by atoms with Gasteiger partial charge in [-0.3, -0.25) is 9.48 Å². The molecule has 2 fully saturated rings. The van der Waals surface area contributed by atoms with Crippen molar-refractivity contribution < 1.29 is 24.2 Å². The molecule has 3 heterocycles. The Morgan fingerprint density at radius 1 is 1.21 bits per heavy atom. The topological polar surface area (TPSA) is 124 Å². The number of methoxy groups -OCH3 is 1. The van der Waals surface area contributed by atoms with Gasteiger partial charge in [0.2, 0.25) is 0 Å². The minimum atomic E-state index is -1.05. The number of aryl methyl sites for hydroxylation is 2. The van der Waals surface area contributed by atoms with Crippen LogP contribution >= 0.6 is 0 Å². The number of amides is 1. The summed E-state index contributed by atoms with van der Waals surface area (Å²) in [4.78, 5) is 33.4. The molecule has 1 saturated heterocycles. The number of hydrogen-bond acceptors (Lipinski definition) is 8. The Bertz CT molecular complexity index is 1370. The molecule has 11 nitrogen and oxygen atoms in total. The molecule has 2 N–H and O–H groups in total. The van der Waals surface area contributed by atoms with Gasteiger partial charge in [0.1, 0.15) is 11.3 Å². The lowest BCUT2D eigenvalue weighted by Crippen LogP contribution is -2.54. The van der Waals surface area contributed by atoms with E-state index in [2.05, 4.69) is 10.4 Å². The van der Waals surface area contributed by atoms with Gasteiger partial charge in [-0.05, 0) is 39.2 Å². The number of nitrogens with zero attached hydrogens (tertiary/aromatic N) is 5. The zero-order valence-corrected chi connectivity index (χ0v) is 24.8. The van der Waals surface area contributed by atoms with Gasteiger partial charge in [-0.2, -0.15) is 5.10 Å². The molecule has 1 aromatic carbocycles. The largest absolute Gasteiger partial charge is 0.461 e. The molecule has 226 valence electrons. The van der Waals surface area contributed by atoms with Crippen LogP contribution in [0.3, 0.4) is 0 Å². The Hall–Kier alpha value is -3.54. The highest BCUT2D eigenvalue weighted by Gasteiger charge is 2.42. The van der Waals surface area contributed by atoms with Gasteiger partial charge >= 0.3 is 5.97 Å². The summed E-state index contributed by atoms with van der Waals surface area (Å²) in [5.41, 5.74) is 2.07. The van der Waals surface area contributed by atoms with Crippen LogP contribution in [-0.4, -0.2) is 92.8 Å². The van der Waals surface area contributed by atoms with Crippen LogP contribution in [0.15, 0.2) is 42.7 Å². The minimum absolute atomic E-state index is 0.125. The Morgan fingerprint density at radius 3 is 2.79 bits per heavy atom. The fourth-order valence-corrected chi connectivity index (χ4v) is 6.43. The number of hydrogen-bond donors (Lipinski definition) is 2. The number of imidazole rings is 1. The number of nitrogens with one attached hydrogen (secondary N) is 1. The average Bonchev–Trinajstić information content (AvgIpc) is 3.60. The lowest BCUT2D eigenvalue weighted by Gasteiger charge is -2.41. The Balaban J connectivity index is 1.45. The van der Waals surface area contributed by atoms with Crippen molar-refractivity contribution in [1.29, 1.82) is 0 Å². The Morgan fingerprint density at radius 2 is 2.02 bits per heavy atom. The van der Waals surface area contributed by atoms with E-state index in [9.17, 15) is 14.7 Å². The third kappa shape index (κ3) is 6.13. The van der Waals surface area contributed by atoms with Gasteiger partial charge in [0.05, 0.1) is 37.0 Å². The summed E-state index contributed by atoms with van der Waals surface area (Å²) < 4.78 is 14.3. The van der Waals surface area contributed by atoms with E-state index in [0.29, 0.717) is 56.1 Å². The second kappa shape index (κ2) is 13.2. The fraction of sp³-hybridized carbons (Fsp3) is 0.548. The summed E-state index contributed by atoms with van der Waals surface area (Å²) in [6.07, 6.45) is 5.61. The lowest BCUT2D eigenvalue weighted by atomic mass is 9.80. The lowest BCUT2D eigenvalue weighted by molar-refractivity contribution is -0.0893. The number of carbonyl (C=O) groups excluding carboxylic acids is 2. The molecule has 5 rings (SSSR count). The quantitative estimate of drug-likeness (QED) is 0.352. The highest BCUT2D eigenvalue weighted by atomic mass is 16.5. The maximum absolute atomic E-state index is 14.3. The molecule has 1 aliphatic heterocycles. The SMILES string of the molecule is CCOC(=O)c1cc(C)nn1CC[C@@H]1CNCCN1C(=O)c1ncn([C@@H]2CCCC[C@@]2(O)COC)c1-c1ccccc1. The van der Waals surface area contributed by atoms with E-state index >= 15 is 0 Å². The van der Waals surface area contributed by atoms with Gasteiger partial charge in [-0.25, -0.2) is 9.78 Å². The van der Waals surface area contributed by atoms with E-state index in [1.54, 1.807) is 31.1 Å². The molecule has 1 saturated carbocycles. The van der Waals surface area contributed by atoms with Gasteiger partial charge < -0.3 is 29.4 Å². The number of aliphatic hydroxyl groups is 1. The van der Waals surface area contributed by atoms with E-state index in [-0.39, 0.29) is 31.2 Å². The van der Waals surface area contributed by atoms with E-state index in [1.165, 1.54) is 0 Å². The summed E-state index contributed by atoms with van der Waals surface area (Å²) in [6.45, 7) is 6.42. The van der Waals surface area contributed by atoms with Crippen molar-refractivity contribution in [2.75, 3.05) is 40.0 Å². The van der Waals surface area contributed by atoms with Gasteiger partial charge in [0, 0.05) is 44.9 Å². The van der Waals surface area contributed by atoms with Crippen LogP contribution < -0.4 is 5.32 Å². The number of esters is 1. The Kier molecular flexibility index (Phi) is 9.40. The van der Waals surface area contributed by atoms with E-state index in [0.717, 1.165) is 30.5 Å². The first-order chi connectivity index (χ1) is 20.4. The monoisotopic (exact) mass is 578 g/mol. The van der Waals surface area contributed by atoms with Crippen LogP contribution in [0.4, 0.5) is 0 Å². The second-order valence-electron chi connectivity index (χ2n) is 11.3. The average molecular weight is 579 g/mol. The van der Waals surface area contributed by atoms with Crippen LogP contribution in [0.5, 0.6) is 0 Å². The second-order valence-corrected chi connectivity index (χ2v) is 11.3. The first-order valence-corrected chi connectivity index (χ1v) is 14.9. The van der Waals surface area contributed by atoms with Crippen molar-refractivity contribution in [3.05, 3.63) is 59.8 Å². The molecule has 2 aromatic heterocycles. The number of aromatic nitrogens is 4. The van der Waals surface area contributed by atoms with Crippen molar-refractivity contribution in [2.24, 2.45) is 0 Å². The predicted octanol–water partition coefficient (Wildman–Crippen LogP) is 3.23. The number of carbonyl (C=O) groups is 2. The molecule has 3 aromatic rings. The predicted molar refractivity (Wildman–Crippen MR) is 157 cm³/mol. The number of rotatable bonds is 10. The minimum Gasteiger partial charge on any atom is -0.461 e. The third-order valence-electron chi connectivity index (χ3n) is 8.40. The zero-order chi connectivity index (χ0) is 29.7. The smallest absolute Gasteiger partial charge is 0.356 e. The van der Waals surface area contributed by atoms with Crippen LogP contribution in [0.1, 0.15) is 71.7 Å². The summed E-state index contributed by atoms with van der Waals surface area (Å²) in [5, 5.41) is 19.6. The molecular formula is C31H42N6O5. The molecule has 11 heteroatoms. The van der Waals surface area contributed by atoms with Gasteiger partial charge in [-0.15, -0.1) is 0 Å². The van der Waals surface area contributed by atoms with Crippen molar-refractivity contribution in [1.82, 2.24) is 29.5 Å². The van der Waals surface area contributed by atoms with Gasteiger partial charge in [-0.1, -0.05) is 43.2 Å². The van der Waals surface area contributed by atoms with Crippen molar-refractivity contribution in [3.8, 4) is 11.3 Å². The van der Waals surface area contributed by atoms with E-state index in [4.69, 9.17) is 14.5 Å². The molecule has 0 bridgehead atoms. The normalized spacial score (nSPS) is 22.7. The molecule has 0 unspecified atom stereocenters. The summed E-state index contributed by atoms with van der Waals surface area (Å²) >= 11 is 0. The summed E-state index contributed by atoms with van der Waals surface area (Å²) in [7, 11) is 1.61. The standard InChI is InChI=1S/C31H42N6O5/c1-4-42-30(39)25-18-22(2)34-37(25)16-13-24-19-32-15-17-35(24)29(38)27-28(23-10-6-5-7-11-23)36(21-33-27)26-12-8-9-14-31(26,40)20-41-3/h5-7,10-11,18,21,24,26,32,40H,4,8-9,12-17,19-20H2,1-3H3/t24-,26-,31-/m1/s1. The number of ether oxygens (including phenoxy) is 2. The number of benzene rings is 1. The van der Waals surface area contributed by atoms with Crippen molar-refractivity contribution in [3.63, 3.8) is 0 Å². The summed E-state index contributed by atoms with van der Waals surface area (Å²) in [5.74, 6) is -0.547. The van der Waals surface area contributed by atoms with Crippen molar-refractivity contribution in [2.45, 2.75) is 70.2 Å². The third-order valence-corrected chi connectivity index (χ3v) is 8.40. The molecule has 1 amide bonds. The van der Waals surface area contributed by atoms with Crippen molar-refractivity contribution >= 4 is 11.9 Å². The fourth-order valence-electron chi connectivity index (χ4n) is 6.43. The molecule has 3 atom stereocenters. The molecule has 42 heavy (non-hydrogen) atoms. The van der Waals surface area contributed by atoms with E-state index < -0.39 is 11.6 Å². The van der Waals surface area contributed by atoms with E-state index in [1.807, 2.05) is 46.7 Å². The zero-order valence-electron chi connectivity index (χ0n) is 24.8. The van der Waals surface area contributed by atoms with Crippen LogP contribution in [0.2, 0.25) is 0 Å². The maximum atomic E-state index is 14.3.